The van der Waals surface area contributed by atoms with Gasteiger partial charge in [0.1, 0.15) is 0 Å². The first-order chi connectivity index (χ1) is 13.0. The molecule has 0 unspecified atom stereocenters. The number of benzene rings is 2. The molecule has 3 rings (SSSR count). The molecule has 0 saturated carbocycles. The summed E-state index contributed by atoms with van der Waals surface area (Å²) in [6.45, 7) is 2.09. The van der Waals surface area contributed by atoms with Gasteiger partial charge < -0.3 is 10.1 Å². The van der Waals surface area contributed by atoms with Gasteiger partial charge in [-0.3, -0.25) is 14.5 Å². The number of nitrogens with zero attached hydrogens (tertiary/aromatic N) is 1. The molecule has 0 bridgehead atoms. The standard InChI is InChI=1S/C20H18N2O4S/c1-13-3-9-16(10-4-13)21-12-22-18(23)17(27-20(22)25)11-14-5-7-15(8-6-14)19(24)26-2/h3-11,21H,12H2,1-2H3/b17-11-. The van der Waals surface area contributed by atoms with Gasteiger partial charge in [0.05, 0.1) is 24.2 Å². The Morgan fingerprint density at radius 1 is 1.11 bits per heavy atom. The van der Waals surface area contributed by atoms with Crippen LogP contribution in [-0.2, 0) is 9.53 Å². The summed E-state index contributed by atoms with van der Waals surface area (Å²) in [7, 11) is 1.32. The number of carbonyl (C=O) groups excluding carboxylic acids is 3. The average Bonchev–Trinajstić information content (AvgIpc) is 2.94. The fourth-order valence-electron chi connectivity index (χ4n) is 2.46. The lowest BCUT2D eigenvalue weighted by Crippen LogP contribution is -2.33. The Bertz CT molecular complexity index is 905. The Kier molecular flexibility index (Phi) is 5.61. The van der Waals surface area contributed by atoms with E-state index in [-0.39, 0.29) is 17.8 Å². The van der Waals surface area contributed by atoms with Crippen molar-refractivity contribution in [2.75, 3.05) is 19.1 Å². The molecule has 2 aromatic rings. The van der Waals surface area contributed by atoms with E-state index in [0.717, 1.165) is 28.6 Å². The van der Waals surface area contributed by atoms with E-state index in [4.69, 9.17) is 0 Å². The van der Waals surface area contributed by atoms with Crippen LogP contribution < -0.4 is 5.32 Å². The van der Waals surface area contributed by atoms with E-state index in [2.05, 4.69) is 10.1 Å². The summed E-state index contributed by atoms with van der Waals surface area (Å²) >= 11 is 0.896. The molecular weight excluding hydrogens is 364 g/mol. The molecular formula is C20H18N2O4S. The minimum Gasteiger partial charge on any atom is -0.465 e. The highest BCUT2D eigenvalue weighted by Gasteiger charge is 2.34. The number of esters is 1. The molecule has 0 aliphatic carbocycles. The Morgan fingerprint density at radius 3 is 2.41 bits per heavy atom. The zero-order chi connectivity index (χ0) is 19.4. The highest BCUT2D eigenvalue weighted by Crippen LogP contribution is 2.32. The second-order valence-electron chi connectivity index (χ2n) is 5.92. The first-order valence-electron chi connectivity index (χ1n) is 8.22. The maximum atomic E-state index is 12.5. The van der Waals surface area contributed by atoms with Gasteiger partial charge in [0, 0.05) is 5.69 Å². The number of ether oxygens (including phenoxy) is 1. The molecule has 138 valence electrons. The smallest absolute Gasteiger partial charge is 0.337 e. The number of nitrogens with one attached hydrogen (secondary N) is 1. The lowest BCUT2D eigenvalue weighted by molar-refractivity contribution is -0.122. The predicted molar refractivity (Wildman–Crippen MR) is 105 cm³/mol. The minimum absolute atomic E-state index is 0.104. The van der Waals surface area contributed by atoms with Gasteiger partial charge in [0.25, 0.3) is 11.1 Å². The summed E-state index contributed by atoms with van der Waals surface area (Å²) in [5.41, 5.74) is 3.11. The monoisotopic (exact) mass is 382 g/mol. The average molecular weight is 382 g/mol. The fraction of sp³-hybridized carbons (Fsp3) is 0.150. The Hall–Kier alpha value is -3.06. The lowest BCUT2D eigenvalue weighted by atomic mass is 10.1. The SMILES string of the molecule is COC(=O)c1ccc(/C=C2\SC(=O)N(CNc3ccc(C)cc3)C2=O)cc1. The lowest BCUT2D eigenvalue weighted by Gasteiger charge is -2.14. The molecule has 2 aromatic carbocycles. The van der Waals surface area contributed by atoms with Gasteiger partial charge >= 0.3 is 5.97 Å². The largest absolute Gasteiger partial charge is 0.465 e. The van der Waals surface area contributed by atoms with E-state index in [1.165, 1.54) is 12.0 Å². The number of amides is 2. The van der Waals surface area contributed by atoms with Crippen molar-refractivity contribution in [3.8, 4) is 0 Å². The normalized spacial score (nSPS) is 15.3. The van der Waals surface area contributed by atoms with Gasteiger partial charge in [-0.15, -0.1) is 0 Å². The van der Waals surface area contributed by atoms with Crippen LogP contribution in [0.3, 0.4) is 0 Å². The quantitative estimate of drug-likeness (QED) is 0.625. The van der Waals surface area contributed by atoms with E-state index in [1.807, 2.05) is 31.2 Å². The number of thioether (sulfide) groups is 1. The van der Waals surface area contributed by atoms with E-state index in [0.29, 0.717) is 10.5 Å². The van der Waals surface area contributed by atoms with Gasteiger partial charge in [-0.1, -0.05) is 29.8 Å². The molecule has 0 radical (unpaired) electrons. The first kappa shape index (κ1) is 18.7. The second-order valence-corrected chi connectivity index (χ2v) is 6.92. The summed E-state index contributed by atoms with van der Waals surface area (Å²) in [6, 6.07) is 14.3. The summed E-state index contributed by atoms with van der Waals surface area (Å²) in [4.78, 5) is 37.7. The molecule has 27 heavy (non-hydrogen) atoms. The molecule has 1 aliphatic rings. The maximum Gasteiger partial charge on any atom is 0.337 e. The Balaban J connectivity index is 1.68. The third kappa shape index (κ3) is 4.38. The molecule has 0 atom stereocenters. The molecule has 1 saturated heterocycles. The number of carbonyl (C=O) groups is 3. The number of anilines is 1. The van der Waals surface area contributed by atoms with Crippen LogP contribution in [0.2, 0.25) is 0 Å². The second kappa shape index (κ2) is 8.09. The molecule has 1 aliphatic heterocycles. The number of imide groups is 1. The number of hydrogen-bond donors (Lipinski definition) is 1. The van der Waals surface area contributed by atoms with Gasteiger partial charge in [-0.25, -0.2) is 4.79 Å². The van der Waals surface area contributed by atoms with Crippen molar-refractivity contribution in [3.05, 3.63) is 70.1 Å². The van der Waals surface area contributed by atoms with Crippen LogP contribution in [-0.4, -0.2) is 35.8 Å². The maximum absolute atomic E-state index is 12.5. The van der Waals surface area contributed by atoms with Crippen LogP contribution in [0, 0.1) is 6.92 Å². The van der Waals surface area contributed by atoms with Crippen LogP contribution in [0.5, 0.6) is 0 Å². The fourth-order valence-corrected chi connectivity index (χ4v) is 3.30. The van der Waals surface area contributed by atoms with E-state index in [9.17, 15) is 14.4 Å². The summed E-state index contributed by atoms with van der Waals surface area (Å²) < 4.78 is 4.65. The van der Waals surface area contributed by atoms with E-state index >= 15 is 0 Å². The molecule has 0 aromatic heterocycles. The van der Waals surface area contributed by atoms with Crippen molar-refractivity contribution in [3.63, 3.8) is 0 Å². The van der Waals surface area contributed by atoms with Crippen molar-refractivity contribution in [2.24, 2.45) is 0 Å². The molecule has 0 spiro atoms. The van der Waals surface area contributed by atoms with E-state index < -0.39 is 5.97 Å². The van der Waals surface area contributed by atoms with Gasteiger partial charge in [-0.05, 0) is 54.6 Å². The van der Waals surface area contributed by atoms with Gasteiger partial charge in [0.15, 0.2) is 0 Å². The summed E-state index contributed by atoms with van der Waals surface area (Å²) in [5.74, 6) is -0.772. The van der Waals surface area contributed by atoms with Crippen molar-refractivity contribution < 1.29 is 19.1 Å². The highest BCUT2D eigenvalue weighted by molar-refractivity contribution is 8.18. The summed E-state index contributed by atoms with van der Waals surface area (Å²) in [5, 5.41) is 2.76. The predicted octanol–water partition coefficient (Wildman–Crippen LogP) is 3.89. The zero-order valence-corrected chi connectivity index (χ0v) is 15.7. The topological polar surface area (TPSA) is 75.7 Å². The van der Waals surface area contributed by atoms with Crippen molar-refractivity contribution >= 4 is 40.6 Å². The number of aryl methyl sites for hydroxylation is 1. The third-order valence-electron chi connectivity index (χ3n) is 4.00. The van der Waals surface area contributed by atoms with Crippen molar-refractivity contribution in [2.45, 2.75) is 6.92 Å². The van der Waals surface area contributed by atoms with Crippen LogP contribution >= 0.6 is 11.8 Å². The molecule has 6 nitrogen and oxygen atoms in total. The number of hydrogen-bond acceptors (Lipinski definition) is 6. The van der Waals surface area contributed by atoms with Crippen molar-refractivity contribution in [1.29, 1.82) is 0 Å². The van der Waals surface area contributed by atoms with Gasteiger partial charge in [-0.2, -0.15) is 0 Å². The summed E-state index contributed by atoms with van der Waals surface area (Å²) in [6.07, 6.45) is 1.64. The van der Waals surface area contributed by atoms with Crippen molar-refractivity contribution in [1.82, 2.24) is 4.90 Å². The molecule has 1 fully saturated rings. The van der Waals surface area contributed by atoms with Crippen LogP contribution in [0.1, 0.15) is 21.5 Å². The van der Waals surface area contributed by atoms with E-state index in [1.54, 1.807) is 30.3 Å². The third-order valence-corrected chi connectivity index (χ3v) is 4.90. The van der Waals surface area contributed by atoms with Crippen LogP contribution in [0.4, 0.5) is 10.5 Å². The van der Waals surface area contributed by atoms with Gasteiger partial charge in [0.2, 0.25) is 0 Å². The zero-order valence-electron chi connectivity index (χ0n) is 14.9. The Labute approximate surface area is 161 Å². The molecule has 2 amide bonds. The molecule has 7 heteroatoms. The highest BCUT2D eigenvalue weighted by atomic mass is 32.2. The van der Waals surface area contributed by atoms with Crippen LogP contribution in [0.25, 0.3) is 6.08 Å². The van der Waals surface area contributed by atoms with Crippen LogP contribution in [0.15, 0.2) is 53.4 Å². The first-order valence-corrected chi connectivity index (χ1v) is 9.04. The molecule has 1 heterocycles. The number of methoxy groups -OCH3 is 1. The minimum atomic E-state index is -0.427. The Morgan fingerprint density at radius 2 is 1.78 bits per heavy atom. The molecule has 1 N–H and O–H groups in total. The number of rotatable bonds is 5.